The molecule has 28 heavy (non-hydrogen) atoms. The number of likely N-dealkylation sites (tertiary alicyclic amines) is 1. The minimum atomic E-state index is -0.359. The Morgan fingerprint density at radius 3 is 3.07 bits per heavy atom. The van der Waals surface area contributed by atoms with E-state index in [1.165, 1.54) is 12.1 Å². The maximum absolute atomic E-state index is 13.4. The van der Waals surface area contributed by atoms with Crippen molar-refractivity contribution in [2.45, 2.75) is 31.8 Å². The van der Waals surface area contributed by atoms with Gasteiger partial charge in [0.2, 0.25) is 0 Å². The molecule has 1 N–H and O–H groups in total. The lowest BCUT2D eigenvalue weighted by Gasteiger charge is -2.26. The molecule has 1 aromatic carbocycles. The largest absolute Gasteiger partial charge is 0.334 e. The normalized spacial score (nSPS) is 19.9. The molecule has 8 heteroatoms. The van der Waals surface area contributed by atoms with Gasteiger partial charge in [0.25, 0.3) is 5.91 Å². The number of H-pyrrole nitrogens is 1. The van der Waals surface area contributed by atoms with E-state index in [9.17, 15) is 9.18 Å². The predicted octanol–water partition coefficient (Wildman–Crippen LogP) is 2.46. The number of nitrogens with one attached hydrogen (secondary N) is 1. The van der Waals surface area contributed by atoms with Gasteiger partial charge in [0.1, 0.15) is 5.82 Å². The summed E-state index contributed by atoms with van der Waals surface area (Å²) in [4.78, 5) is 33.8. The number of aromatic nitrogens is 4. The summed E-state index contributed by atoms with van der Waals surface area (Å²) in [6, 6.07) is 4.12. The first-order chi connectivity index (χ1) is 13.6. The Hall–Kier alpha value is -2.87. The van der Waals surface area contributed by atoms with Gasteiger partial charge < -0.3 is 14.8 Å². The van der Waals surface area contributed by atoms with Gasteiger partial charge in [-0.3, -0.25) is 4.79 Å². The Morgan fingerprint density at radius 2 is 2.18 bits per heavy atom. The summed E-state index contributed by atoms with van der Waals surface area (Å²) in [5, 5.41) is 0. The van der Waals surface area contributed by atoms with Crippen molar-refractivity contribution in [2.24, 2.45) is 0 Å². The van der Waals surface area contributed by atoms with Crippen LogP contribution in [0.2, 0.25) is 0 Å². The number of likely N-dealkylation sites (N-methyl/N-ethyl adjacent to an activating group) is 1. The Balaban J connectivity index is 1.44. The van der Waals surface area contributed by atoms with Gasteiger partial charge in [0, 0.05) is 43.5 Å². The summed E-state index contributed by atoms with van der Waals surface area (Å²) in [5.41, 5.74) is 3.34. The summed E-state index contributed by atoms with van der Waals surface area (Å²) in [5.74, 6) is 0.380. The van der Waals surface area contributed by atoms with Gasteiger partial charge in [0.05, 0.1) is 17.1 Å². The van der Waals surface area contributed by atoms with Crippen LogP contribution in [-0.2, 0) is 13.0 Å². The fourth-order valence-electron chi connectivity index (χ4n) is 4.13. The molecule has 1 saturated heterocycles. The van der Waals surface area contributed by atoms with Crippen LogP contribution in [0.25, 0.3) is 11.0 Å². The summed E-state index contributed by atoms with van der Waals surface area (Å²) in [6.07, 6.45) is 4.53. The third-order valence-corrected chi connectivity index (χ3v) is 5.60. The Labute approximate surface area is 161 Å². The number of imidazole rings is 1. The predicted molar refractivity (Wildman–Crippen MR) is 101 cm³/mol. The lowest BCUT2D eigenvalue weighted by Crippen LogP contribution is -2.33. The van der Waals surface area contributed by atoms with Crippen LogP contribution >= 0.6 is 0 Å². The van der Waals surface area contributed by atoms with E-state index in [1.54, 1.807) is 11.0 Å². The van der Waals surface area contributed by atoms with Crippen LogP contribution in [0, 0.1) is 5.82 Å². The molecule has 5 rings (SSSR count). The van der Waals surface area contributed by atoms with E-state index in [-0.39, 0.29) is 23.6 Å². The summed E-state index contributed by atoms with van der Waals surface area (Å²) < 4.78 is 13.4. The van der Waals surface area contributed by atoms with Crippen molar-refractivity contribution in [3.05, 3.63) is 53.1 Å². The number of hydrogen-bond acceptors (Lipinski definition) is 5. The highest BCUT2D eigenvalue weighted by Crippen LogP contribution is 2.32. The maximum atomic E-state index is 13.4. The number of fused-ring (bicyclic) bond motifs is 2. The van der Waals surface area contributed by atoms with Crippen LogP contribution in [-0.4, -0.2) is 55.8 Å². The topological polar surface area (TPSA) is 78.0 Å². The molecule has 1 atom stereocenters. The van der Waals surface area contributed by atoms with E-state index in [2.05, 4.69) is 26.9 Å². The SMILES string of the molecule is CN1CCc2nc(C3CCCN3C(=O)c3nc4ccc(F)cc4[nH]3)ncc2C1. The highest BCUT2D eigenvalue weighted by atomic mass is 19.1. The van der Waals surface area contributed by atoms with Crippen molar-refractivity contribution in [2.75, 3.05) is 20.1 Å². The van der Waals surface area contributed by atoms with Crippen molar-refractivity contribution in [1.82, 2.24) is 29.7 Å². The first-order valence-electron chi connectivity index (χ1n) is 9.58. The zero-order valence-corrected chi connectivity index (χ0v) is 15.7. The summed E-state index contributed by atoms with van der Waals surface area (Å²) in [7, 11) is 2.09. The van der Waals surface area contributed by atoms with Crippen LogP contribution in [0.3, 0.4) is 0 Å². The van der Waals surface area contributed by atoms with Gasteiger partial charge in [-0.05, 0) is 38.1 Å². The highest BCUT2D eigenvalue weighted by Gasteiger charge is 2.34. The number of halogens is 1. The van der Waals surface area contributed by atoms with E-state index in [0.717, 1.165) is 43.6 Å². The lowest BCUT2D eigenvalue weighted by atomic mass is 10.1. The van der Waals surface area contributed by atoms with Crippen molar-refractivity contribution in [3.8, 4) is 0 Å². The van der Waals surface area contributed by atoms with Crippen molar-refractivity contribution in [3.63, 3.8) is 0 Å². The lowest BCUT2D eigenvalue weighted by molar-refractivity contribution is 0.0718. The van der Waals surface area contributed by atoms with E-state index in [4.69, 9.17) is 4.98 Å². The van der Waals surface area contributed by atoms with E-state index >= 15 is 0 Å². The third kappa shape index (κ3) is 2.93. The fourth-order valence-corrected chi connectivity index (χ4v) is 4.13. The van der Waals surface area contributed by atoms with E-state index in [0.29, 0.717) is 23.4 Å². The molecule has 0 aliphatic carbocycles. The van der Waals surface area contributed by atoms with Crippen LogP contribution < -0.4 is 0 Å². The van der Waals surface area contributed by atoms with E-state index < -0.39 is 0 Å². The zero-order chi connectivity index (χ0) is 19.3. The molecule has 1 unspecified atom stereocenters. The number of aromatic amines is 1. The van der Waals surface area contributed by atoms with Crippen molar-refractivity contribution >= 4 is 16.9 Å². The Bertz CT molecular complexity index is 1060. The standard InChI is InChI=1S/C20H21FN6O/c1-26-8-6-14-12(11-26)10-22-18(23-14)17-3-2-7-27(17)20(28)19-24-15-5-4-13(21)9-16(15)25-19/h4-5,9-10,17H,2-3,6-8,11H2,1H3,(H,24,25). The molecule has 0 radical (unpaired) electrons. The van der Waals surface area contributed by atoms with Gasteiger partial charge in [-0.1, -0.05) is 0 Å². The van der Waals surface area contributed by atoms with Crippen LogP contribution in [0.15, 0.2) is 24.4 Å². The molecule has 2 aromatic heterocycles. The second-order valence-electron chi connectivity index (χ2n) is 7.59. The molecule has 7 nitrogen and oxygen atoms in total. The Morgan fingerprint density at radius 1 is 1.29 bits per heavy atom. The number of amides is 1. The number of carbonyl (C=O) groups is 1. The molecule has 1 amide bonds. The number of hydrogen-bond donors (Lipinski definition) is 1. The number of nitrogens with zero attached hydrogens (tertiary/aromatic N) is 5. The number of rotatable bonds is 2. The third-order valence-electron chi connectivity index (χ3n) is 5.60. The first-order valence-corrected chi connectivity index (χ1v) is 9.58. The number of benzene rings is 1. The molecule has 0 spiro atoms. The molecule has 2 aliphatic heterocycles. The second kappa shape index (κ2) is 6.63. The minimum absolute atomic E-state index is 0.151. The quantitative estimate of drug-likeness (QED) is 0.739. The van der Waals surface area contributed by atoms with E-state index in [1.807, 2.05) is 6.20 Å². The molecule has 0 bridgehead atoms. The molecule has 4 heterocycles. The van der Waals surface area contributed by atoms with Gasteiger partial charge >= 0.3 is 0 Å². The van der Waals surface area contributed by atoms with Crippen LogP contribution in [0.4, 0.5) is 4.39 Å². The van der Waals surface area contributed by atoms with Crippen LogP contribution in [0.5, 0.6) is 0 Å². The fraction of sp³-hybridized carbons (Fsp3) is 0.400. The molecule has 2 aliphatic rings. The summed E-state index contributed by atoms with van der Waals surface area (Å²) in [6.45, 7) is 2.48. The van der Waals surface area contributed by atoms with Crippen molar-refractivity contribution in [1.29, 1.82) is 0 Å². The van der Waals surface area contributed by atoms with Gasteiger partial charge in [0.15, 0.2) is 11.6 Å². The first kappa shape index (κ1) is 17.2. The minimum Gasteiger partial charge on any atom is -0.334 e. The van der Waals surface area contributed by atoms with Crippen molar-refractivity contribution < 1.29 is 9.18 Å². The monoisotopic (exact) mass is 380 g/mol. The summed E-state index contributed by atoms with van der Waals surface area (Å²) >= 11 is 0. The average Bonchev–Trinajstić information content (AvgIpc) is 3.33. The van der Waals surface area contributed by atoms with Gasteiger partial charge in [-0.15, -0.1) is 0 Å². The zero-order valence-electron chi connectivity index (χ0n) is 15.7. The van der Waals surface area contributed by atoms with Gasteiger partial charge in [-0.2, -0.15) is 0 Å². The molecule has 144 valence electrons. The van der Waals surface area contributed by atoms with Crippen LogP contribution in [0.1, 0.15) is 46.6 Å². The molecule has 1 fully saturated rings. The highest BCUT2D eigenvalue weighted by molar-refractivity contribution is 5.94. The smallest absolute Gasteiger partial charge is 0.290 e. The number of carbonyl (C=O) groups excluding carboxylic acids is 1. The molecular weight excluding hydrogens is 359 g/mol. The molecular formula is C20H21FN6O. The average molecular weight is 380 g/mol. The second-order valence-corrected chi connectivity index (χ2v) is 7.59. The maximum Gasteiger partial charge on any atom is 0.290 e. The Kier molecular flexibility index (Phi) is 4.08. The van der Waals surface area contributed by atoms with Gasteiger partial charge in [-0.25, -0.2) is 19.3 Å². The molecule has 0 saturated carbocycles. The molecule has 3 aromatic rings.